The zero-order chi connectivity index (χ0) is 22.9. The van der Waals surface area contributed by atoms with Gasteiger partial charge >= 0.3 is 6.03 Å². The predicted octanol–water partition coefficient (Wildman–Crippen LogP) is 1.74. The average molecular weight is 451 g/mol. The van der Waals surface area contributed by atoms with Crippen molar-refractivity contribution in [1.29, 1.82) is 0 Å². The molecule has 3 aliphatic heterocycles. The molecule has 33 heavy (non-hydrogen) atoms. The van der Waals surface area contributed by atoms with Crippen LogP contribution in [0.5, 0.6) is 0 Å². The lowest BCUT2D eigenvalue weighted by atomic mass is 10.1. The zero-order valence-electron chi connectivity index (χ0n) is 18.5. The number of nitrogens with zero attached hydrogens (tertiary/aromatic N) is 5. The summed E-state index contributed by atoms with van der Waals surface area (Å²) < 4.78 is 14.2. The number of likely N-dealkylation sites (N-methyl/N-ethyl adjacent to an activating group) is 1. The molecular formula is C24H27FN6O2. The molecule has 0 spiro atoms. The highest BCUT2D eigenvalue weighted by Crippen LogP contribution is 2.27. The van der Waals surface area contributed by atoms with Crippen molar-refractivity contribution >= 4 is 23.5 Å². The van der Waals surface area contributed by atoms with Crippen LogP contribution in [0.1, 0.15) is 5.56 Å². The normalized spacial score (nSPS) is 23.5. The number of benzene rings is 2. The summed E-state index contributed by atoms with van der Waals surface area (Å²) >= 11 is 0. The number of aliphatic imine (C=N–C) groups is 1. The SMILES string of the molecule is CN1C(=O)NC(=O)C2C1N=C(CN1CCN(c3ccccc3F)CC1)N2Cc1ccccc1. The Morgan fingerprint density at radius 3 is 2.39 bits per heavy atom. The first-order valence-corrected chi connectivity index (χ1v) is 11.2. The number of hydrogen-bond donors (Lipinski definition) is 1. The van der Waals surface area contributed by atoms with Crippen LogP contribution in [0.2, 0.25) is 0 Å². The van der Waals surface area contributed by atoms with E-state index in [1.54, 1.807) is 13.1 Å². The van der Waals surface area contributed by atoms with Crippen molar-refractivity contribution in [2.45, 2.75) is 18.8 Å². The maximum atomic E-state index is 14.2. The van der Waals surface area contributed by atoms with Gasteiger partial charge in [-0.05, 0) is 17.7 Å². The number of amidine groups is 1. The minimum Gasteiger partial charge on any atom is -0.367 e. The van der Waals surface area contributed by atoms with Gasteiger partial charge in [-0.15, -0.1) is 0 Å². The van der Waals surface area contributed by atoms with Gasteiger partial charge in [-0.3, -0.25) is 15.0 Å². The van der Waals surface area contributed by atoms with Crippen molar-refractivity contribution in [3.05, 3.63) is 66.0 Å². The third kappa shape index (κ3) is 4.16. The molecule has 0 aromatic heterocycles. The molecule has 5 rings (SSSR count). The topological polar surface area (TPSA) is 71.5 Å². The highest BCUT2D eigenvalue weighted by molar-refractivity contribution is 6.04. The molecular weight excluding hydrogens is 423 g/mol. The molecule has 0 aliphatic carbocycles. The fourth-order valence-electron chi connectivity index (χ4n) is 4.74. The second kappa shape index (κ2) is 8.82. The van der Waals surface area contributed by atoms with E-state index in [9.17, 15) is 14.0 Å². The lowest BCUT2D eigenvalue weighted by Crippen LogP contribution is -2.63. The van der Waals surface area contributed by atoms with Gasteiger partial charge in [0.2, 0.25) is 0 Å². The Labute approximate surface area is 192 Å². The van der Waals surface area contributed by atoms with Gasteiger partial charge in [-0.25, -0.2) is 14.2 Å². The molecule has 3 amide bonds. The number of piperazine rings is 1. The first kappa shape index (κ1) is 21.4. The van der Waals surface area contributed by atoms with Crippen LogP contribution in [0.4, 0.5) is 14.9 Å². The molecule has 2 saturated heterocycles. The molecule has 8 nitrogen and oxygen atoms in total. The molecule has 0 radical (unpaired) electrons. The monoisotopic (exact) mass is 450 g/mol. The maximum absolute atomic E-state index is 14.2. The van der Waals surface area contributed by atoms with Crippen molar-refractivity contribution in [3.63, 3.8) is 0 Å². The average Bonchev–Trinajstić information content (AvgIpc) is 3.17. The smallest absolute Gasteiger partial charge is 0.325 e. The standard InChI is InChI=1S/C24H27FN6O2/c1-28-22-21(23(32)27-24(28)33)31(15-17-7-3-2-4-8-17)20(26-22)16-29-11-13-30(14-12-29)19-10-6-5-9-18(19)25/h2-10,21-22H,11-16H2,1H3,(H,27,32,33). The van der Waals surface area contributed by atoms with E-state index in [1.165, 1.54) is 11.0 Å². The predicted molar refractivity (Wildman–Crippen MR) is 123 cm³/mol. The number of nitrogens with one attached hydrogen (secondary N) is 1. The first-order valence-electron chi connectivity index (χ1n) is 11.2. The van der Waals surface area contributed by atoms with E-state index in [4.69, 9.17) is 4.99 Å². The minimum absolute atomic E-state index is 0.206. The summed E-state index contributed by atoms with van der Waals surface area (Å²) in [4.78, 5) is 37.6. The van der Waals surface area contributed by atoms with E-state index in [1.807, 2.05) is 47.4 Å². The number of fused-ring (bicyclic) bond motifs is 1. The fourth-order valence-corrected chi connectivity index (χ4v) is 4.74. The first-order chi connectivity index (χ1) is 16.0. The molecule has 0 bridgehead atoms. The number of imide groups is 1. The van der Waals surface area contributed by atoms with E-state index in [2.05, 4.69) is 15.1 Å². The lowest BCUT2D eigenvalue weighted by Gasteiger charge is -2.38. The molecule has 2 aromatic rings. The number of halogens is 1. The van der Waals surface area contributed by atoms with Crippen molar-refractivity contribution in [1.82, 2.24) is 20.0 Å². The second-order valence-corrected chi connectivity index (χ2v) is 8.64. The van der Waals surface area contributed by atoms with Crippen molar-refractivity contribution in [3.8, 4) is 0 Å². The van der Waals surface area contributed by atoms with Gasteiger partial charge in [0.25, 0.3) is 5.91 Å². The molecule has 172 valence electrons. The molecule has 2 unspecified atom stereocenters. The number of urea groups is 1. The molecule has 2 aromatic carbocycles. The molecule has 2 atom stereocenters. The van der Waals surface area contributed by atoms with Gasteiger partial charge in [0.15, 0.2) is 12.2 Å². The van der Waals surface area contributed by atoms with Crippen LogP contribution in [0.25, 0.3) is 0 Å². The number of carbonyl (C=O) groups excluding carboxylic acids is 2. The Balaban J connectivity index is 1.32. The summed E-state index contributed by atoms with van der Waals surface area (Å²) in [7, 11) is 1.67. The molecule has 3 aliphatic rings. The van der Waals surface area contributed by atoms with Crippen LogP contribution >= 0.6 is 0 Å². The number of amides is 3. The largest absolute Gasteiger partial charge is 0.367 e. The van der Waals surface area contributed by atoms with Crippen LogP contribution in [-0.4, -0.2) is 84.5 Å². The number of rotatable bonds is 5. The fraction of sp³-hybridized carbons (Fsp3) is 0.375. The van der Waals surface area contributed by atoms with Crippen molar-refractivity contribution < 1.29 is 14.0 Å². The van der Waals surface area contributed by atoms with Gasteiger partial charge in [0, 0.05) is 39.8 Å². The molecule has 1 N–H and O–H groups in total. The Kier molecular flexibility index (Phi) is 5.72. The van der Waals surface area contributed by atoms with Gasteiger partial charge in [-0.2, -0.15) is 0 Å². The van der Waals surface area contributed by atoms with Crippen LogP contribution in [-0.2, 0) is 11.3 Å². The number of anilines is 1. The third-order valence-corrected chi connectivity index (χ3v) is 6.57. The Morgan fingerprint density at radius 2 is 1.67 bits per heavy atom. The van der Waals surface area contributed by atoms with Crippen molar-refractivity contribution in [2.75, 3.05) is 44.7 Å². The molecule has 0 saturated carbocycles. The quantitative estimate of drug-likeness (QED) is 0.752. The Morgan fingerprint density at radius 1 is 0.970 bits per heavy atom. The van der Waals surface area contributed by atoms with Crippen LogP contribution in [0.15, 0.2) is 59.6 Å². The van der Waals surface area contributed by atoms with Crippen LogP contribution in [0, 0.1) is 5.82 Å². The number of hydrogen-bond acceptors (Lipinski definition) is 6. The van der Waals surface area contributed by atoms with Gasteiger partial charge in [0.1, 0.15) is 11.7 Å². The third-order valence-electron chi connectivity index (χ3n) is 6.57. The number of para-hydroxylation sites is 1. The van der Waals surface area contributed by atoms with Crippen molar-refractivity contribution in [2.24, 2.45) is 4.99 Å². The zero-order valence-corrected chi connectivity index (χ0v) is 18.5. The van der Waals surface area contributed by atoms with E-state index in [0.717, 1.165) is 24.5 Å². The summed E-state index contributed by atoms with van der Waals surface area (Å²) in [6.07, 6.45) is -0.537. The van der Waals surface area contributed by atoms with E-state index >= 15 is 0 Å². The molecule has 2 fully saturated rings. The highest BCUT2D eigenvalue weighted by Gasteiger charge is 2.48. The second-order valence-electron chi connectivity index (χ2n) is 8.64. The van der Waals surface area contributed by atoms with E-state index in [-0.39, 0.29) is 11.7 Å². The van der Waals surface area contributed by atoms with Gasteiger partial charge in [0.05, 0.1) is 12.2 Å². The van der Waals surface area contributed by atoms with Crippen LogP contribution < -0.4 is 10.2 Å². The number of carbonyl (C=O) groups is 2. The Bertz CT molecular complexity index is 1070. The van der Waals surface area contributed by atoms with Crippen LogP contribution in [0.3, 0.4) is 0 Å². The lowest BCUT2D eigenvalue weighted by molar-refractivity contribution is -0.127. The summed E-state index contributed by atoms with van der Waals surface area (Å²) in [6, 6.07) is 15.8. The minimum atomic E-state index is -0.553. The Hall–Kier alpha value is -3.46. The summed E-state index contributed by atoms with van der Waals surface area (Å²) in [6.45, 7) is 4.02. The summed E-state index contributed by atoms with van der Waals surface area (Å²) in [5, 5.41) is 2.45. The highest BCUT2D eigenvalue weighted by atomic mass is 19.1. The molecule has 3 heterocycles. The van der Waals surface area contributed by atoms with E-state index < -0.39 is 18.2 Å². The van der Waals surface area contributed by atoms with Gasteiger partial charge < -0.3 is 14.7 Å². The summed E-state index contributed by atoms with van der Waals surface area (Å²) in [5.41, 5.74) is 1.70. The summed E-state index contributed by atoms with van der Waals surface area (Å²) in [5.74, 6) is 0.273. The molecule has 9 heteroatoms. The van der Waals surface area contributed by atoms with Gasteiger partial charge in [-0.1, -0.05) is 42.5 Å². The van der Waals surface area contributed by atoms with E-state index in [0.29, 0.717) is 31.9 Å². The maximum Gasteiger partial charge on any atom is 0.325 e.